The van der Waals surface area contributed by atoms with E-state index in [1.165, 1.54) is 6.07 Å². The lowest BCUT2D eigenvalue weighted by molar-refractivity contribution is 0.0667. The van der Waals surface area contributed by atoms with Crippen molar-refractivity contribution < 1.29 is 13.7 Å². The van der Waals surface area contributed by atoms with Crippen molar-refractivity contribution in [3.63, 3.8) is 0 Å². The maximum atomic E-state index is 13.9. The van der Waals surface area contributed by atoms with Gasteiger partial charge >= 0.3 is 0 Å². The van der Waals surface area contributed by atoms with Gasteiger partial charge < -0.3 is 9.42 Å². The predicted molar refractivity (Wildman–Crippen MR) is 103 cm³/mol. The monoisotopic (exact) mass is 379 g/mol. The maximum Gasteiger partial charge on any atom is 0.254 e. The molecule has 1 amide bonds. The third-order valence-electron chi connectivity index (χ3n) is 5.23. The average Bonchev–Trinajstić information content (AvgIpc) is 3.16. The first kappa shape index (κ1) is 18.3. The zero-order chi connectivity index (χ0) is 19.5. The highest BCUT2D eigenvalue weighted by Gasteiger charge is 2.27. The van der Waals surface area contributed by atoms with Crippen LogP contribution in [0.2, 0.25) is 0 Å². The predicted octanol–water partition coefficient (Wildman–Crippen LogP) is 4.28. The van der Waals surface area contributed by atoms with E-state index < -0.39 is 0 Å². The third kappa shape index (κ3) is 3.81. The number of carbonyl (C=O) groups excluding carboxylic acids is 1. The number of carbonyl (C=O) groups is 1. The lowest BCUT2D eigenvalue weighted by Crippen LogP contribution is -2.40. The zero-order valence-electron chi connectivity index (χ0n) is 15.8. The van der Waals surface area contributed by atoms with Gasteiger partial charge in [0.05, 0.1) is 5.56 Å². The van der Waals surface area contributed by atoms with Crippen LogP contribution in [0.1, 0.15) is 34.7 Å². The third-order valence-corrected chi connectivity index (χ3v) is 5.23. The van der Waals surface area contributed by atoms with Crippen LogP contribution in [0.4, 0.5) is 4.39 Å². The lowest BCUT2D eigenvalue weighted by atomic mass is 9.94. The van der Waals surface area contributed by atoms with E-state index in [9.17, 15) is 9.18 Å². The van der Waals surface area contributed by atoms with Gasteiger partial charge in [0.15, 0.2) is 0 Å². The fourth-order valence-corrected chi connectivity index (χ4v) is 3.74. The summed E-state index contributed by atoms with van der Waals surface area (Å²) in [5.74, 6) is 0.684. The summed E-state index contributed by atoms with van der Waals surface area (Å²) < 4.78 is 19.3. The number of hydrogen-bond acceptors (Lipinski definition) is 4. The van der Waals surface area contributed by atoms with Crippen molar-refractivity contribution in [2.45, 2.75) is 26.2 Å². The summed E-state index contributed by atoms with van der Waals surface area (Å²) in [4.78, 5) is 19.1. The summed E-state index contributed by atoms with van der Waals surface area (Å²) in [5.41, 5.74) is 2.07. The van der Waals surface area contributed by atoms with Gasteiger partial charge in [-0.3, -0.25) is 4.79 Å². The molecule has 2 heterocycles. The lowest BCUT2D eigenvalue weighted by Gasteiger charge is -2.32. The molecule has 0 aliphatic carbocycles. The van der Waals surface area contributed by atoms with Crippen LogP contribution in [0, 0.1) is 18.7 Å². The molecule has 5 nitrogen and oxygen atoms in total. The van der Waals surface area contributed by atoms with Crippen LogP contribution in [0.25, 0.3) is 11.4 Å². The number of piperidine rings is 1. The fraction of sp³-hybridized carbons (Fsp3) is 0.318. The second-order valence-electron chi connectivity index (χ2n) is 7.27. The molecule has 28 heavy (non-hydrogen) atoms. The van der Waals surface area contributed by atoms with Crippen molar-refractivity contribution in [3.8, 4) is 11.4 Å². The largest absolute Gasteiger partial charge is 0.339 e. The van der Waals surface area contributed by atoms with E-state index in [0.717, 1.165) is 30.5 Å². The molecule has 1 saturated heterocycles. The van der Waals surface area contributed by atoms with Gasteiger partial charge in [0.2, 0.25) is 11.7 Å². The Labute approximate surface area is 163 Å². The van der Waals surface area contributed by atoms with E-state index in [4.69, 9.17) is 4.52 Å². The topological polar surface area (TPSA) is 59.2 Å². The maximum absolute atomic E-state index is 13.9. The highest BCUT2D eigenvalue weighted by atomic mass is 19.1. The number of nitrogens with zero attached hydrogens (tertiary/aromatic N) is 3. The van der Waals surface area contributed by atoms with Crippen molar-refractivity contribution in [1.29, 1.82) is 0 Å². The second-order valence-corrected chi connectivity index (χ2v) is 7.27. The summed E-state index contributed by atoms with van der Waals surface area (Å²) in [6, 6.07) is 14.0. The van der Waals surface area contributed by atoms with Crippen molar-refractivity contribution in [2.24, 2.45) is 5.92 Å². The number of aromatic nitrogens is 2. The minimum Gasteiger partial charge on any atom is -0.339 e. The van der Waals surface area contributed by atoms with Crippen molar-refractivity contribution in [3.05, 3.63) is 71.4 Å². The van der Waals surface area contributed by atoms with Crippen LogP contribution in [-0.2, 0) is 6.42 Å². The molecule has 1 unspecified atom stereocenters. The molecule has 1 fully saturated rings. The van der Waals surface area contributed by atoms with Gasteiger partial charge in [0.1, 0.15) is 5.82 Å². The van der Waals surface area contributed by atoms with E-state index in [1.807, 2.05) is 36.1 Å². The molecule has 1 aliphatic heterocycles. The second kappa shape index (κ2) is 7.92. The molecule has 0 N–H and O–H groups in total. The first-order chi connectivity index (χ1) is 13.6. The van der Waals surface area contributed by atoms with Gasteiger partial charge in [-0.2, -0.15) is 4.98 Å². The fourth-order valence-electron chi connectivity index (χ4n) is 3.74. The Morgan fingerprint density at radius 3 is 2.82 bits per heavy atom. The molecule has 0 bridgehead atoms. The zero-order valence-corrected chi connectivity index (χ0v) is 15.8. The summed E-state index contributed by atoms with van der Waals surface area (Å²) >= 11 is 0. The number of amides is 1. The van der Waals surface area contributed by atoms with E-state index in [0.29, 0.717) is 24.4 Å². The van der Waals surface area contributed by atoms with Gasteiger partial charge in [-0.15, -0.1) is 0 Å². The molecule has 2 aromatic carbocycles. The van der Waals surface area contributed by atoms with Crippen molar-refractivity contribution in [1.82, 2.24) is 15.0 Å². The molecule has 144 valence electrons. The first-order valence-electron chi connectivity index (χ1n) is 9.54. The summed E-state index contributed by atoms with van der Waals surface area (Å²) in [6.07, 6.45) is 2.52. The van der Waals surface area contributed by atoms with Crippen molar-refractivity contribution >= 4 is 5.91 Å². The molecular weight excluding hydrogens is 357 g/mol. The van der Waals surface area contributed by atoms with Gasteiger partial charge in [0.25, 0.3) is 5.91 Å². The average molecular weight is 379 g/mol. The summed E-state index contributed by atoms with van der Waals surface area (Å²) in [6.45, 7) is 3.37. The van der Waals surface area contributed by atoms with Gasteiger partial charge in [0, 0.05) is 25.1 Å². The number of benzene rings is 2. The van der Waals surface area contributed by atoms with E-state index in [1.54, 1.807) is 18.2 Å². The van der Waals surface area contributed by atoms with E-state index in [2.05, 4.69) is 10.1 Å². The Bertz CT molecular complexity index is 985. The highest BCUT2D eigenvalue weighted by molar-refractivity contribution is 5.95. The Morgan fingerprint density at radius 2 is 2.00 bits per heavy atom. The van der Waals surface area contributed by atoms with Crippen LogP contribution in [0.15, 0.2) is 53.1 Å². The Kier molecular flexibility index (Phi) is 5.19. The smallest absolute Gasteiger partial charge is 0.254 e. The normalized spacial score (nSPS) is 16.9. The van der Waals surface area contributed by atoms with Crippen molar-refractivity contribution in [2.75, 3.05) is 13.1 Å². The molecule has 1 aliphatic rings. The van der Waals surface area contributed by atoms with Gasteiger partial charge in [-0.25, -0.2) is 4.39 Å². The standard InChI is InChI=1S/C22H22FN3O2/c1-15-7-2-3-9-17(15)22(27)26-12-6-8-16(14-26)13-20-24-21(25-28-20)18-10-4-5-11-19(18)23/h2-5,7,9-11,16H,6,8,12-14H2,1H3. The molecule has 1 aromatic heterocycles. The number of aryl methyl sites for hydroxylation is 1. The minimum absolute atomic E-state index is 0.0698. The van der Waals surface area contributed by atoms with E-state index >= 15 is 0 Å². The van der Waals surface area contributed by atoms with Gasteiger partial charge in [-0.1, -0.05) is 35.5 Å². The molecule has 0 radical (unpaired) electrons. The number of likely N-dealkylation sites (tertiary alicyclic amines) is 1. The molecule has 0 spiro atoms. The van der Waals surface area contributed by atoms with Gasteiger partial charge in [-0.05, 0) is 49.4 Å². The minimum atomic E-state index is -0.373. The molecular formula is C22H22FN3O2. The first-order valence-corrected chi connectivity index (χ1v) is 9.54. The highest BCUT2D eigenvalue weighted by Crippen LogP contribution is 2.24. The van der Waals surface area contributed by atoms with Crippen LogP contribution >= 0.6 is 0 Å². The Morgan fingerprint density at radius 1 is 1.21 bits per heavy atom. The summed E-state index contributed by atoms with van der Waals surface area (Å²) in [7, 11) is 0. The molecule has 4 rings (SSSR count). The Hall–Kier alpha value is -3.02. The molecule has 3 aromatic rings. The quantitative estimate of drug-likeness (QED) is 0.679. The number of hydrogen-bond donors (Lipinski definition) is 0. The van der Waals surface area contributed by atoms with E-state index in [-0.39, 0.29) is 23.5 Å². The number of halogens is 1. The summed E-state index contributed by atoms with van der Waals surface area (Å²) in [5, 5.41) is 3.92. The molecule has 1 atom stereocenters. The van der Waals surface area contributed by atoms with Crippen LogP contribution in [0.5, 0.6) is 0 Å². The SMILES string of the molecule is Cc1ccccc1C(=O)N1CCCC(Cc2nc(-c3ccccc3F)no2)C1. The van der Waals surface area contributed by atoms with Crippen LogP contribution in [-0.4, -0.2) is 34.0 Å². The number of rotatable bonds is 4. The van der Waals surface area contributed by atoms with Crippen LogP contribution < -0.4 is 0 Å². The van der Waals surface area contributed by atoms with Crippen LogP contribution in [0.3, 0.4) is 0 Å². The molecule has 0 saturated carbocycles. The Balaban J connectivity index is 1.44. The molecule has 6 heteroatoms.